The highest BCUT2D eigenvalue weighted by molar-refractivity contribution is 7.92. The smallest absolute Gasteiger partial charge is 0.267 e. The summed E-state index contributed by atoms with van der Waals surface area (Å²) in [6, 6.07) is 5.20. The summed E-state index contributed by atoms with van der Waals surface area (Å²) in [4.78, 5) is -0.0372. The number of fused-ring (bicyclic) bond motifs is 1. The van der Waals surface area contributed by atoms with Gasteiger partial charge in [0.05, 0.1) is 17.4 Å². The van der Waals surface area contributed by atoms with Crippen LogP contribution in [0.4, 0.5) is 11.5 Å². The van der Waals surface area contributed by atoms with Crippen LogP contribution in [0, 0.1) is 0 Å². The summed E-state index contributed by atoms with van der Waals surface area (Å²) < 4.78 is 28.9. The van der Waals surface area contributed by atoms with Gasteiger partial charge in [0, 0.05) is 18.1 Å². The van der Waals surface area contributed by atoms with Gasteiger partial charge in [0.1, 0.15) is 4.90 Å². The Morgan fingerprint density at radius 1 is 1.43 bits per heavy atom. The molecule has 3 rings (SSSR count). The lowest BCUT2D eigenvalue weighted by molar-refractivity contribution is 0.601. The van der Waals surface area contributed by atoms with Crippen LogP contribution in [0.1, 0.15) is 6.92 Å². The Morgan fingerprint density at radius 2 is 2.24 bits per heavy atom. The molecule has 0 saturated heterocycles. The first-order chi connectivity index (χ1) is 10.0. The van der Waals surface area contributed by atoms with Crippen molar-refractivity contribution >= 4 is 32.4 Å². The summed E-state index contributed by atoms with van der Waals surface area (Å²) in [5.74, 6) is -0.0243. The van der Waals surface area contributed by atoms with Crippen LogP contribution in [0.15, 0.2) is 35.5 Å². The van der Waals surface area contributed by atoms with E-state index in [4.69, 9.17) is 5.73 Å². The average molecular weight is 306 g/mol. The van der Waals surface area contributed by atoms with Gasteiger partial charge in [-0.25, -0.2) is 8.42 Å². The molecule has 8 nitrogen and oxygen atoms in total. The van der Waals surface area contributed by atoms with Crippen molar-refractivity contribution in [3.63, 3.8) is 0 Å². The van der Waals surface area contributed by atoms with Gasteiger partial charge in [0.2, 0.25) is 0 Å². The largest absolute Gasteiger partial charge is 0.381 e. The van der Waals surface area contributed by atoms with E-state index in [1.807, 2.05) is 13.0 Å². The SMILES string of the molecule is CCn1cc(S(=O)(=O)Nc2cccc3[nH]ncc23)c(N)n1. The third-order valence-electron chi connectivity index (χ3n) is 3.10. The molecule has 9 heteroatoms. The number of nitrogens with two attached hydrogens (primary N) is 1. The zero-order chi connectivity index (χ0) is 15.0. The van der Waals surface area contributed by atoms with Crippen molar-refractivity contribution < 1.29 is 8.42 Å². The van der Waals surface area contributed by atoms with Crippen LogP contribution in [0.25, 0.3) is 10.9 Å². The number of nitrogen functional groups attached to an aromatic ring is 1. The van der Waals surface area contributed by atoms with Crippen LogP contribution in [0.2, 0.25) is 0 Å². The molecule has 4 N–H and O–H groups in total. The van der Waals surface area contributed by atoms with Gasteiger partial charge in [-0.15, -0.1) is 0 Å². The van der Waals surface area contributed by atoms with Gasteiger partial charge < -0.3 is 5.73 Å². The summed E-state index contributed by atoms with van der Waals surface area (Å²) in [6.45, 7) is 2.39. The number of aryl methyl sites for hydroxylation is 1. The summed E-state index contributed by atoms with van der Waals surface area (Å²) in [7, 11) is -3.80. The van der Waals surface area contributed by atoms with E-state index in [1.54, 1.807) is 18.3 Å². The third kappa shape index (κ3) is 2.31. The van der Waals surface area contributed by atoms with Crippen molar-refractivity contribution in [3.05, 3.63) is 30.6 Å². The number of nitrogens with zero attached hydrogens (tertiary/aromatic N) is 3. The van der Waals surface area contributed by atoms with Gasteiger partial charge in [-0.05, 0) is 19.1 Å². The van der Waals surface area contributed by atoms with Crippen LogP contribution in [-0.2, 0) is 16.6 Å². The molecule has 0 radical (unpaired) electrons. The number of hydrogen-bond donors (Lipinski definition) is 3. The maximum absolute atomic E-state index is 12.4. The van der Waals surface area contributed by atoms with Crippen LogP contribution >= 0.6 is 0 Å². The maximum atomic E-state index is 12.4. The molecule has 0 saturated carbocycles. The Balaban J connectivity index is 2.03. The molecule has 0 spiro atoms. The fraction of sp³-hybridized carbons (Fsp3) is 0.167. The highest BCUT2D eigenvalue weighted by atomic mass is 32.2. The number of H-pyrrole nitrogens is 1. The van der Waals surface area contributed by atoms with Crippen molar-refractivity contribution in [2.45, 2.75) is 18.4 Å². The molecule has 0 fully saturated rings. The lowest BCUT2D eigenvalue weighted by Gasteiger charge is -2.07. The second-order valence-corrected chi connectivity index (χ2v) is 6.13. The Bertz CT molecular complexity index is 896. The quantitative estimate of drug-likeness (QED) is 0.668. The molecule has 110 valence electrons. The summed E-state index contributed by atoms with van der Waals surface area (Å²) in [5.41, 5.74) is 6.86. The Morgan fingerprint density at radius 3 is 2.95 bits per heavy atom. The van der Waals surface area contributed by atoms with Crippen LogP contribution < -0.4 is 10.5 Å². The molecule has 0 aliphatic heterocycles. The highest BCUT2D eigenvalue weighted by Crippen LogP contribution is 2.25. The van der Waals surface area contributed by atoms with Crippen molar-refractivity contribution in [3.8, 4) is 0 Å². The second-order valence-electron chi connectivity index (χ2n) is 4.48. The Labute approximate surface area is 121 Å². The zero-order valence-electron chi connectivity index (χ0n) is 11.2. The lowest BCUT2D eigenvalue weighted by atomic mass is 10.2. The molecule has 2 aromatic heterocycles. The number of nitrogens with one attached hydrogen (secondary N) is 2. The molecule has 0 aliphatic carbocycles. The zero-order valence-corrected chi connectivity index (χ0v) is 12.1. The minimum Gasteiger partial charge on any atom is -0.381 e. The van der Waals surface area contributed by atoms with Gasteiger partial charge in [-0.1, -0.05) is 6.07 Å². The molecule has 0 bridgehead atoms. The topological polar surface area (TPSA) is 119 Å². The molecular formula is C12H14N6O2S. The van der Waals surface area contributed by atoms with Gasteiger partial charge in [-0.2, -0.15) is 10.2 Å². The van der Waals surface area contributed by atoms with Crippen molar-refractivity contribution in [1.82, 2.24) is 20.0 Å². The van der Waals surface area contributed by atoms with E-state index in [9.17, 15) is 8.42 Å². The number of rotatable bonds is 4. The van der Waals surface area contributed by atoms with Crippen molar-refractivity contribution in [2.75, 3.05) is 10.5 Å². The number of hydrogen-bond acceptors (Lipinski definition) is 5. The molecule has 0 unspecified atom stereocenters. The first kappa shape index (κ1) is 13.4. The minimum absolute atomic E-state index is 0.0243. The highest BCUT2D eigenvalue weighted by Gasteiger charge is 2.22. The molecular weight excluding hydrogens is 292 g/mol. The van der Waals surface area contributed by atoms with Crippen molar-refractivity contribution in [2.24, 2.45) is 0 Å². The predicted octanol–water partition coefficient (Wildman–Crippen LogP) is 1.16. The van der Waals surface area contributed by atoms with Crippen molar-refractivity contribution in [1.29, 1.82) is 0 Å². The summed E-state index contributed by atoms with van der Waals surface area (Å²) >= 11 is 0. The van der Waals surface area contributed by atoms with E-state index in [-0.39, 0.29) is 10.7 Å². The van der Waals surface area contributed by atoms with Crippen LogP contribution in [0.5, 0.6) is 0 Å². The molecule has 3 aromatic rings. The first-order valence-electron chi connectivity index (χ1n) is 6.29. The second kappa shape index (κ2) is 4.77. The number of benzene rings is 1. The third-order valence-corrected chi connectivity index (χ3v) is 4.48. The number of sulfonamides is 1. The standard InChI is InChI=1S/C12H14N6O2S/c1-2-18-7-11(12(13)16-18)21(19,20)17-10-5-3-4-9-8(10)6-14-15-9/h3-7,17H,2H2,1H3,(H2,13,16)(H,14,15). The maximum Gasteiger partial charge on any atom is 0.267 e. The first-order valence-corrected chi connectivity index (χ1v) is 7.77. The van der Waals surface area contributed by atoms with Gasteiger partial charge in [0.25, 0.3) is 10.0 Å². The monoisotopic (exact) mass is 306 g/mol. The molecule has 0 aliphatic rings. The number of aromatic amines is 1. The number of anilines is 2. The minimum atomic E-state index is -3.80. The normalized spacial score (nSPS) is 11.9. The Hall–Kier alpha value is -2.55. The van der Waals surface area contributed by atoms with Crippen LogP contribution in [0.3, 0.4) is 0 Å². The fourth-order valence-electron chi connectivity index (χ4n) is 2.04. The number of aromatic nitrogens is 4. The van der Waals surface area contributed by atoms with Gasteiger partial charge in [-0.3, -0.25) is 14.5 Å². The molecule has 1 aromatic carbocycles. The summed E-state index contributed by atoms with van der Waals surface area (Å²) in [5, 5.41) is 11.3. The van der Waals surface area contributed by atoms with E-state index in [0.717, 1.165) is 5.52 Å². The molecule has 0 atom stereocenters. The Kier molecular flexibility index (Phi) is 3.05. The van der Waals surface area contributed by atoms with Gasteiger partial charge in [0.15, 0.2) is 5.82 Å². The summed E-state index contributed by atoms with van der Waals surface area (Å²) in [6.07, 6.45) is 2.97. The van der Waals surface area contributed by atoms with Crippen LogP contribution in [-0.4, -0.2) is 28.4 Å². The molecule has 21 heavy (non-hydrogen) atoms. The van der Waals surface area contributed by atoms with E-state index in [2.05, 4.69) is 20.0 Å². The molecule has 0 amide bonds. The fourth-order valence-corrected chi connectivity index (χ4v) is 3.20. The van der Waals surface area contributed by atoms with Gasteiger partial charge >= 0.3 is 0 Å². The van der Waals surface area contributed by atoms with E-state index >= 15 is 0 Å². The van der Waals surface area contributed by atoms with E-state index < -0.39 is 10.0 Å². The average Bonchev–Trinajstić information content (AvgIpc) is 3.05. The molecule has 2 heterocycles. The van der Waals surface area contributed by atoms with E-state index in [0.29, 0.717) is 17.6 Å². The lowest BCUT2D eigenvalue weighted by Crippen LogP contribution is -2.14. The predicted molar refractivity (Wildman–Crippen MR) is 79.2 cm³/mol. The van der Waals surface area contributed by atoms with E-state index in [1.165, 1.54) is 10.9 Å².